The van der Waals surface area contributed by atoms with Crippen molar-refractivity contribution in [3.05, 3.63) is 40.6 Å². The van der Waals surface area contributed by atoms with Gasteiger partial charge in [-0.15, -0.1) is 0 Å². The van der Waals surface area contributed by atoms with Crippen LogP contribution in [0.3, 0.4) is 0 Å². The molecule has 0 aromatic heterocycles. The monoisotopic (exact) mass is 335 g/mol. The van der Waals surface area contributed by atoms with E-state index in [-0.39, 0.29) is 15.9 Å². The highest BCUT2D eigenvalue weighted by atomic mass is 79.9. The summed E-state index contributed by atoms with van der Waals surface area (Å²) in [7, 11) is -3.63. The van der Waals surface area contributed by atoms with E-state index >= 15 is 0 Å². The van der Waals surface area contributed by atoms with E-state index < -0.39 is 15.8 Å². The number of likely N-dealkylation sites (N-methyl/N-ethyl adjacent to an activating group) is 1. The van der Waals surface area contributed by atoms with E-state index in [1.165, 1.54) is 10.4 Å². The molecule has 18 heavy (non-hydrogen) atoms. The second-order valence-corrected chi connectivity index (χ2v) is 6.72. The maximum absolute atomic E-state index is 13.0. The van der Waals surface area contributed by atoms with Crippen LogP contribution in [0.5, 0.6) is 0 Å². The number of hydrogen-bond donors (Lipinski definition) is 0. The lowest BCUT2D eigenvalue weighted by molar-refractivity contribution is 0.452. The maximum Gasteiger partial charge on any atom is 0.244 e. The van der Waals surface area contributed by atoms with Crippen molar-refractivity contribution >= 4 is 26.0 Å². The zero-order chi connectivity index (χ0) is 13.9. The van der Waals surface area contributed by atoms with Gasteiger partial charge in [0.15, 0.2) is 0 Å². The number of hydrogen-bond acceptors (Lipinski definition) is 2. The molecule has 0 spiro atoms. The third-order valence-corrected chi connectivity index (χ3v) is 5.21. The first kappa shape index (κ1) is 15.3. The Morgan fingerprint density at radius 1 is 1.50 bits per heavy atom. The Kier molecular flexibility index (Phi) is 5.07. The van der Waals surface area contributed by atoms with E-state index in [0.717, 1.165) is 17.7 Å². The topological polar surface area (TPSA) is 37.4 Å². The first-order chi connectivity index (χ1) is 8.28. The van der Waals surface area contributed by atoms with Crippen molar-refractivity contribution in [2.24, 2.45) is 0 Å². The van der Waals surface area contributed by atoms with Gasteiger partial charge in [-0.05, 0) is 41.1 Å². The van der Waals surface area contributed by atoms with Crippen LogP contribution in [0.2, 0.25) is 0 Å². The van der Waals surface area contributed by atoms with Crippen LogP contribution in [0.1, 0.15) is 13.8 Å². The summed E-state index contributed by atoms with van der Waals surface area (Å²) >= 11 is 3.08. The van der Waals surface area contributed by atoms with Gasteiger partial charge in [0.1, 0.15) is 5.82 Å². The van der Waals surface area contributed by atoms with Crippen molar-refractivity contribution in [3.8, 4) is 0 Å². The molecule has 0 saturated carbocycles. The van der Waals surface area contributed by atoms with Crippen LogP contribution in [-0.4, -0.2) is 25.8 Å². The maximum atomic E-state index is 13.0. The van der Waals surface area contributed by atoms with Crippen molar-refractivity contribution in [1.29, 1.82) is 0 Å². The van der Waals surface area contributed by atoms with Gasteiger partial charge in [-0.1, -0.05) is 19.1 Å². The van der Waals surface area contributed by atoms with E-state index in [1.54, 1.807) is 13.8 Å². The Morgan fingerprint density at radius 3 is 2.56 bits per heavy atom. The Hall–Kier alpha value is -0.720. The summed E-state index contributed by atoms with van der Waals surface area (Å²) in [6, 6.07) is 3.53. The van der Waals surface area contributed by atoms with Crippen LogP contribution in [0.25, 0.3) is 0 Å². The Bertz CT molecular complexity index is 557. The van der Waals surface area contributed by atoms with Crippen molar-refractivity contribution in [1.82, 2.24) is 4.31 Å². The molecule has 1 rings (SSSR count). The highest BCUT2D eigenvalue weighted by Gasteiger charge is 2.25. The number of halogens is 2. The molecule has 0 bridgehead atoms. The fourth-order valence-electron chi connectivity index (χ4n) is 1.49. The van der Waals surface area contributed by atoms with Crippen LogP contribution in [-0.2, 0) is 10.0 Å². The predicted molar refractivity (Wildman–Crippen MR) is 73.3 cm³/mol. The SMILES string of the molecule is C=C(C)CN(CC)S(=O)(=O)c1ccc(F)cc1Br. The van der Waals surface area contributed by atoms with Gasteiger partial charge in [-0.3, -0.25) is 0 Å². The molecular weight excluding hydrogens is 321 g/mol. The third kappa shape index (κ3) is 3.40. The minimum absolute atomic E-state index is 0.0620. The van der Waals surface area contributed by atoms with Crippen molar-refractivity contribution in [2.75, 3.05) is 13.1 Å². The summed E-state index contributed by atoms with van der Waals surface area (Å²) < 4.78 is 39.2. The summed E-state index contributed by atoms with van der Waals surface area (Å²) in [5.74, 6) is -0.483. The molecule has 3 nitrogen and oxygen atoms in total. The van der Waals surface area contributed by atoms with Gasteiger partial charge < -0.3 is 0 Å². The number of rotatable bonds is 5. The molecule has 0 aliphatic heterocycles. The Balaban J connectivity index is 3.23. The van der Waals surface area contributed by atoms with Gasteiger partial charge in [0.25, 0.3) is 0 Å². The van der Waals surface area contributed by atoms with Gasteiger partial charge in [0.2, 0.25) is 10.0 Å². The smallest absolute Gasteiger partial charge is 0.207 e. The molecule has 6 heteroatoms. The molecule has 0 radical (unpaired) electrons. The summed E-state index contributed by atoms with van der Waals surface area (Å²) in [6.45, 7) is 7.80. The van der Waals surface area contributed by atoms with Gasteiger partial charge in [0.05, 0.1) is 4.90 Å². The lowest BCUT2D eigenvalue weighted by Gasteiger charge is -2.21. The molecule has 0 aliphatic rings. The minimum Gasteiger partial charge on any atom is -0.207 e. The molecule has 0 saturated heterocycles. The Morgan fingerprint density at radius 2 is 2.11 bits per heavy atom. The van der Waals surface area contributed by atoms with E-state index in [4.69, 9.17) is 0 Å². The number of nitrogens with zero attached hydrogens (tertiary/aromatic N) is 1. The second-order valence-electron chi connectivity index (χ2n) is 3.96. The van der Waals surface area contributed by atoms with Gasteiger partial charge >= 0.3 is 0 Å². The fourth-order valence-corrected chi connectivity index (χ4v) is 4.01. The largest absolute Gasteiger partial charge is 0.244 e. The van der Waals surface area contributed by atoms with Crippen molar-refractivity contribution in [2.45, 2.75) is 18.7 Å². The van der Waals surface area contributed by atoms with E-state index in [1.807, 2.05) is 0 Å². The fraction of sp³-hybridized carbons (Fsp3) is 0.333. The first-order valence-electron chi connectivity index (χ1n) is 5.38. The summed E-state index contributed by atoms with van der Waals surface area (Å²) in [4.78, 5) is 0.0620. The minimum atomic E-state index is -3.63. The molecule has 0 atom stereocenters. The lowest BCUT2D eigenvalue weighted by Crippen LogP contribution is -2.32. The quantitative estimate of drug-likeness (QED) is 0.775. The zero-order valence-electron chi connectivity index (χ0n) is 10.3. The van der Waals surface area contributed by atoms with Crippen LogP contribution in [0, 0.1) is 5.82 Å². The Labute approximate surface area is 115 Å². The zero-order valence-corrected chi connectivity index (χ0v) is 12.7. The average molecular weight is 336 g/mol. The molecular formula is C12H15BrFNO2S. The summed E-state index contributed by atoms with van der Waals surface area (Å²) in [6.07, 6.45) is 0. The predicted octanol–water partition coefficient (Wildman–Crippen LogP) is 3.17. The molecule has 0 aliphatic carbocycles. The molecule has 0 fully saturated rings. The molecule has 0 N–H and O–H groups in total. The highest BCUT2D eigenvalue weighted by molar-refractivity contribution is 9.10. The van der Waals surface area contributed by atoms with E-state index in [9.17, 15) is 12.8 Å². The van der Waals surface area contributed by atoms with Crippen molar-refractivity contribution < 1.29 is 12.8 Å². The molecule has 100 valence electrons. The number of benzene rings is 1. The third-order valence-electron chi connectivity index (χ3n) is 2.31. The van der Waals surface area contributed by atoms with Crippen LogP contribution in [0.15, 0.2) is 39.7 Å². The molecule has 0 amide bonds. The summed E-state index contributed by atoms with van der Waals surface area (Å²) in [5, 5.41) is 0. The molecule has 0 unspecified atom stereocenters. The van der Waals surface area contributed by atoms with Crippen LogP contribution in [0.4, 0.5) is 4.39 Å². The second kappa shape index (κ2) is 5.95. The van der Waals surface area contributed by atoms with Crippen LogP contribution < -0.4 is 0 Å². The average Bonchev–Trinajstić information content (AvgIpc) is 2.24. The van der Waals surface area contributed by atoms with Crippen molar-refractivity contribution in [3.63, 3.8) is 0 Å². The number of sulfonamides is 1. The first-order valence-corrected chi connectivity index (χ1v) is 7.62. The van der Waals surface area contributed by atoms with Gasteiger partial charge in [-0.2, -0.15) is 4.31 Å². The molecule has 1 aromatic carbocycles. The van der Waals surface area contributed by atoms with Crippen LogP contribution >= 0.6 is 15.9 Å². The van der Waals surface area contributed by atoms with Gasteiger partial charge in [-0.25, -0.2) is 12.8 Å². The standard InChI is InChI=1S/C12H15BrFNO2S/c1-4-15(8-9(2)3)18(16,17)12-6-5-10(14)7-11(12)13/h5-7H,2,4,8H2,1,3H3. The highest BCUT2D eigenvalue weighted by Crippen LogP contribution is 2.26. The van der Waals surface area contributed by atoms with Gasteiger partial charge in [0, 0.05) is 17.6 Å². The lowest BCUT2D eigenvalue weighted by atomic mass is 10.3. The van der Waals surface area contributed by atoms with E-state index in [0.29, 0.717) is 6.54 Å². The molecule has 0 heterocycles. The van der Waals surface area contributed by atoms with E-state index in [2.05, 4.69) is 22.5 Å². The normalized spacial score (nSPS) is 11.8. The molecule has 1 aromatic rings. The summed E-state index contributed by atoms with van der Waals surface area (Å²) in [5.41, 5.74) is 0.749.